The van der Waals surface area contributed by atoms with Gasteiger partial charge in [0.2, 0.25) is 5.95 Å². The third-order valence-corrected chi connectivity index (χ3v) is 5.70. The van der Waals surface area contributed by atoms with Gasteiger partial charge in [0, 0.05) is 42.4 Å². The van der Waals surface area contributed by atoms with Gasteiger partial charge in [-0.2, -0.15) is 10.1 Å². The molecule has 0 bridgehead atoms. The summed E-state index contributed by atoms with van der Waals surface area (Å²) in [7, 11) is 0. The van der Waals surface area contributed by atoms with Crippen molar-refractivity contribution < 1.29 is 4.79 Å². The van der Waals surface area contributed by atoms with Gasteiger partial charge in [-0.05, 0) is 58.8 Å². The van der Waals surface area contributed by atoms with Gasteiger partial charge in [-0.1, -0.05) is 26.0 Å². The summed E-state index contributed by atoms with van der Waals surface area (Å²) in [6.45, 7) is 4.14. The second kappa shape index (κ2) is 9.60. The molecule has 1 aliphatic rings. The second-order valence-corrected chi connectivity index (χ2v) is 9.31. The molecular formula is C23H27BrN6O. The molecule has 3 N–H and O–H groups in total. The maximum atomic E-state index is 12.0. The van der Waals surface area contributed by atoms with E-state index in [2.05, 4.69) is 60.6 Å². The maximum Gasteiger partial charge on any atom is 0.229 e. The molecule has 0 spiro atoms. The minimum absolute atomic E-state index is 0.309. The molecule has 162 valence electrons. The Labute approximate surface area is 190 Å². The topological polar surface area (TPSA) is 95.6 Å². The number of Topliss-reactive ketones (excluding diaryl/α,β-unsaturated/α-hetero) is 1. The summed E-state index contributed by atoms with van der Waals surface area (Å²) in [5, 5.41) is 13.9. The lowest BCUT2D eigenvalue weighted by Gasteiger charge is -2.10. The summed E-state index contributed by atoms with van der Waals surface area (Å²) < 4.78 is 0.756. The fraction of sp³-hybridized carbons (Fsp3) is 0.391. The molecule has 0 amide bonds. The third kappa shape index (κ3) is 6.13. The van der Waals surface area contributed by atoms with Crippen molar-refractivity contribution in [2.75, 3.05) is 10.6 Å². The summed E-state index contributed by atoms with van der Waals surface area (Å²) in [6, 6.07) is 10.1. The Balaban J connectivity index is 1.40. The fourth-order valence-electron chi connectivity index (χ4n) is 3.42. The summed E-state index contributed by atoms with van der Waals surface area (Å²) in [5.74, 6) is 3.18. The molecule has 0 aliphatic heterocycles. The first kappa shape index (κ1) is 21.5. The van der Waals surface area contributed by atoms with E-state index in [-0.39, 0.29) is 0 Å². The minimum Gasteiger partial charge on any atom is -0.324 e. The van der Waals surface area contributed by atoms with Crippen LogP contribution in [0.25, 0.3) is 0 Å². The summed E-state index contributed by atoms with van der Waals surface area (Å²) >= 11 is 3.50. The van der Waals surface area contributed by atoms with Crippen LogP contribution < -0.4 is 10.6 Å². The van der Waals surface area contributed by atoms with Crippen molar-refractivity contribution in [3.8, 4) is 0 Å². The zero-order chi connectivity index (χ0) is 21.8. The molecule has 7 nitrogen and oxygen atoms in total. The Hall–Kier alpha value is -2.74. The van der Waals surface area contributed by atoms with Gasteiger partial charge in [0.1, 0.15) is 5.78 Å². The van der Waals surface area contributed by atoms with E-state index in [1.807, 2.05) is 30.3 Å². The SMILES string of the molecule is CC(C)CC(=O)CCc1cccc(Nc2ncc(Br)c(Nc3cc(C4CC4)[nH]n3)n2)c1. The standard InChI is InChI=1S/C23H27BrN6O/c1-14(2)10-18(31)9-6-15-4-3-5-17(11-15)26-23-25-13-19(24)22(28-23)27-21-12-20(29-30-21)16-7-8-16/h3-5,11-14,16H,6-10H2,1-2H3,(H3,25,26,27,28,29,30). The van der Waals surface area contributed by atoms with E-state index in [1.54, 1.807) is 6.20 Å². The summed E-state index contributed by atoms with van der Waals surface area (Å²) in [5.41, 5.74) is 3.16. The highest BCUT2D eigenvalue weighted by atomic mass is 79.9. The second-order valence-electron chi connectivity index (χ2n) is 8.46. The number of H-pyrrole nitrogens is 1. The van der Waals surface area contributed by atoms with Crippen LogP contribution in [0.5, 0.6) is 0 Å². The highest BCUT2D eigenvalue weighted by molar-refractivity contribution is 9.10. The highest BCUT2D eigenvalue weighted by Gasteiger charge is 2.25. The van der Waals surface area contributed by atoms with E-state index >= 15 is 0 Å². The Bertz CT molecular complexity index is 1060. The normalized spacial score (nSPS) is 13.4. The average Bonchev–Trinajstić information content (AvgIpc) is 3.48. The number of halogens is 1. The lowest BCUT2D eigenvalue weighted by Crippen LogP contribution is -2.04. The number of hydrogen-bond acceptors (Lipinski definition) is 6. The quantitative estimate of drug-likeness (QED) is 0.334. The lowest BCUT2D eigenvalue weighted by molar-refractivity contribution is -0.119. The van der Waals surface area contributed by atoms with Crippen molar-refractivity contribution in [3.05, 3.63) is 52.3 Å². The van der Waals surface area contributed by atoms with Gasteiger partial charge >= 0.3 is 0 Å². The Morgan fingerprint density at radius 2 is 2.10 bits per heavy atom. The number of aryl methyl sites for hydroxylation is 1. The summed E-state index contributed by atoms with van der Waals surface area (Å²) in [6.07, 6.45) is 6.09. The number of anilines is 4. The number of rotatable bonds is 10. The monoisotopic (exact) mass is 482 g/mol. The molecule has 1 aliphatic carbocycles. The predicted molar refractivity (Wildman–Crippen MR) is 126 cm³/mol. The van der Waals surface area contributed by atoms with E-state index in [0.717, 1.165) is 33.7 Å². The number of aromatic amines is 1. The zero-order valence-electron chi connectivity index (χ0n) is 17.8. The molecule has 0 unspecified atom stereocenters. The minimum atomic E-state index is 0.309. The van der Waals surface area contributed by atoms with Crippen LogP contribution in [-0.2, 0) is 11.2 Å². The number of nitrogens with zero attached hydrogens (tertiary/aromatic N) is 3. The Morgan fingerprint density at radius 3 is 2.87 bits per heavy atom. The average molecular weight is 483 g/mol. The number of benzene rings is 1. The van der Waals surface area contributed by atoms with Crippen molar-refractivity contribution in [1.82, 2.24) is 20.2 Å². The number of carbonyl (C=O) groups excluding carboxylic acids is 1. The molecule has 0 saturated heterocycles. The molecule has 8 heteroatoms. The molecule has 0 radical (unpaired) electrons. The van der Waals surface area contributed by atoms with E-state index in [0.29, 0.717) is 42.2 Å². The number of hydrogen-bond donors (Lipinski definition) is 3. The van der Waals surface area contributed by atoms with Gasteiger partial charge in [0.15, 0.2) is 11.6 Å². The number of carbonyl (C=O) groups is 1. The zero-order valence-corrected chi connectivity index (χ0v) is 19.4. The van der Waals surface area contributed by atoms with E-state index in [4.69, 9.17) is 0 Å². The third-order valence-electron chi connectivity index (χ3n) is 5.12. The van der Waals surface area contributed by atoms with Crippen LogP contribution in [0.4, 0.5) is 23.3 Å². The van der Waals surface area contributed by atoms with E-state index in [9.17, 15) is 4.79 Å². The molecule has 2 heterocycles. The molecule has 3 aromatic rings. The maximum absolute atomic E-state index is 12.0. The first-order valence-corrected chi connectivity index (χ1v) is 11.5. The van der Waals surface area contributed by atoms with Gasteiger partial charge in [-0.25, -0.2) is 4.98 Å². The van der Waals surface area contributed by atoms with Crippen molar-refractivity contribution in [1.29, 1.82) is 0 Å². The molecule has 2 aromatic heterocycles. The first-order chi connectivity index (χ1) is 15.0. The van der Waals surface area contributed by atoms with Crippen molar-refractivity contribution >= 4 is 45.0 Å². The van der Waals surface area contributed by atoms with E-state index < -0.39 is 0 Å². The molecule has 1 aromatic carbocycles. The van der Waals surface area contributed by atoms with Gasteiger partial charge in [-0.15, -0.1) is 0 Å². The number of ketones is 1. The number of nitrogens with one attached hydrogen (secondary N) is 3. The van der Waals surface area contributed by atoms with E-state index in [1.165, 1.54) is 12.8 Å². The van der Waals surface area contributed by atoms with Crippen LogP contribution in [0.2, 0.25) is 0 Å². The van der Waals surface area contributed by atoms with Crippen LogP contribution in [-0.4, -0.2) is 25.9 Å². The molecule has 31 heavy (non-hydrogen) atoms. The smallest absolute Gasteiger partial charge is 0.229 e. The fourth-order valence-corrected chi connectivity index (χ4v) is 3.71. The molecule has 0 atom stereocenters. The number of aromatic nitrogens is 4. The summed E-state index contributed by atoms with van der Waals surface area (Å²) in [4.78, 5) is 21.0. The van der Waals surface area contributed by atoms with Crippen molar-refractivity contribution in [2.45, 2.75) is 51.9 Å². The molecule has 1 saturated carbocycles. The van der Waals surface area contributed by atoms with Gasteiger partial charge < -0.3 is 10.6 Å². The van der Waals surface area contributed by atoms with Crippen LogP contribution in [0, 0.1) is 5.92 Å². The van der Waals surface area contributed by atoms with Crippen molar-refractivity contribution in [2.24, 2.45) is 5.92 Å². The Kier molecular flexibility index (Phi) is 6.65. The molecule has 4 rings (SSSR count). The van der Waals surface area contributed by atoms with Gasteiger partial charge in [0.25, 0.3) is 0 Å². The van der Waals surface area contributed by atoms with Crippen LogP contribution in [0.1, 0.15) is 56.7 Å². The van der Waals surface area contributed by atoms with Crippen LogP contribution in [0.3, 0.4) is 0 Å². The predicted octanol–water partition coefficient (Wildman–Crippen LogP) is 5.87. The van der Waals surface area contributed by atoms with Gasteiger partial charge in [0.05, 0.1) is 4.47 Å². The van der Waals surface area contributed by atoms with Crippen molar-refractivity contribution in [3.63, 3.8) is 0 Å². The van der Waals surface area contributed by atoms with Crippen LogP contribution in [0.15, 0.2) is 41.0 Å². The molecular weight excluding hydrogens is 456 g/mol. The van der Waals surface area contributed by atoms with Crippen LogP contribution >= 0.6 is 15.9 Å². The molecule has 1 fully saturated rings. The Morgan fingerprint density at radius 1 is 1.26 bits per heavy atom. The highest BCUT2D eigenvalue weighted by Crippen LogP contribution is 2.39. The van der Waals surface area contributed by atoms with Gasteiger partial charge in [-0.3, -0.25) is 9.89 Å². The lowest BCUT2D eigenvalue weighted by atomic mass is 10.0. The first-order valence-electron chi connectivity index (χ1n) is 10.7. The largest absolute Gasteiger partial charge is 0.324 e.